The summed E-state index contributed by atoms with van der Waals surface area (Å²) in [6, 6.07) is 1.01. The second-order valence-corrected chi connectivity index (χ2v) is 6.32. The van der Waals surface area contributed by atoms with E-state index in [2.05, 4.69) is 53.3 Å². The standard InChI is InChI=1S/C12H24N6/c1-9-7-18(8-11-14-16-17(5)15-11)10(6-13-9)12(2,3)4/h9-10,13H,6-8H2,1-5H3. The summed E-state index contributed by atoms with van der Waals surface area (Å²) in [5.74, 6) is 0.806. The molecule has 1 aliphatic rings. The topological polar surface area (TPSA) is 58.9 Å². The SMILES string of the molecule is CC1CN(Cc2nnn(C)n2)C(C(C)(C)C)CN1. The van der Waals surface area contributed by atoms with E-state index < -0.39 is 0 Å². The van der Waals surface area contributed by atoms with E-state index in [1.54, 1.807) is 7.05 Å². The molecule has 2 heterocycles. The second kappa shape index (κ2) is 4.93. The van der Waals surface area contributed by atoms with Crippen molar-refractivity contribution in [3.05, 3.63) is 5.82 Å². The van der Waals surface area contributed by atoms with Crippen LogP contribution in [0.5, 0.6) is 0 Å². The van der Waals surface area contributed by atoms with Gasteiger partial charge in [-0.2, -0.15) is 4.80 Å². The molecule has 102 valence electrons. The van der Waals surface area contributed by atoms with Crippen molar-refractivity contribution in [2.24, 2.45) is 12.5 Å². The molecule has 1 aromatic heterocycles. The van der Waals surface area contributed by atoms with Gasteiger partial charge in [-0.3, -0.25) is 4.90 Å². The van der Waals surface area contributed by atoms with Crippen LogP contribution in [-0.2, 0) is 13.6 Å². The molecule has 0 spiro atoms. The average molecular weight is 252 g/mol. The number of aromatic nitrogens is 4. The Labute approximate surface area is 109 Å². The van der Waals surface area contributed by atoms with Gasteiger partial charge in [0.25, 0.3) is 0 Å². The van der Waals surface area contributed by atoms with E-state index >= 15 is 0 Å². The van der Waals surface area contributed by atoms with Crippen LogP contribution in [0, 0.1) is 5.41 Å². The zero-order valence-corrected chi connectivity index (χ0v) is 12.0. The first-order valence-corrected chi connectivity index (χ1v) is 6.56. The first kappa shape index (κ1) is 13.4. The lowest BCUT2D eigenvalue weighted by Crippen LogP contribution is -2.59. The van der Waals surface area contributed by atoms with Gasteiger partial charge in [-0.25, -0.2) is 0 Å². The molecule has 0 saturated carbocycles. The van der Waals surface area contributed by atoms with Gasteiger partial charge in [0.1, 0.15) is 0 Å². The Bertz CT molecular complexity index is 394. The van der Waals surface area contributed by atoms with E-state index in [-0.39, 0.29) is 5.41 Å². The van der Waals surface area contributed by atoms with Crippen LogP contribution in [0.15, 0.2) is 0 Å². The molecule has 6 nitrogen and oxygen atoms in total. The van der Waals surface area contributed by atoms with Crippen LogP contribution < -0.4 is 5.32 Å². The quantitative estimate of drug-likeness (QED) is 0.826. The van der Waals surface area contributed by atoms with E-state index in [4.69, 9.17) is 0 Å². The van der Waals surface area contributed by atoms with E-state index in [0.29, 0.717) is 12.1 Å². The van der Waals surface area contributed by atoms with Crippen LogP contribution in [0.3, 0.4) is 0 Å². The summed E-state index contributed by atoms with van der Waals surface area (Å²) in [4.78, 5) is 3.99. The van der Waals surface area contributed by atoms with Crippen molar-refractivity contribution in [1.82, 2.24) is 30.4 Å². The molecule has 0 radical (unpaired) electrons. The zero-order valence-electron chi connectivity index (χ0n) is 12.0. The van der Waals surface area contributed by atoms with E-state index in [1.807, 2.05) is 0 Å². The first-order valence-electron chi connectivity index (χ1n) is 6.56. The maximum Gasteiger partial charge on any atom is 0.188 e. The number of piperazine rings is 1. The number of nitrogens with one attached hydrogen (secondary N) is 1. The Kier molecular flexibility index (Phi) is 3.68. The molecule has 1 aromatic rings. The third-order valence-corrected chi connectivity index (χ3v) is 3.50. The normalized spacial score (nSPS) is 26.5. The third kappa shape index (κ3) is 3.05. The number of aryl methyl sites for hydroxylation is 1. The van der Waals surface area contributed by atoms with Crippen LogP contribution in [0.1, 0.15) is 33.5 Å². The fraction of sp³-hybridized carbons (Fsp3) is 0.917. The first-order chi connectivity index (χ1) is 8.36. The van der Waals surface area contributed by atoms with Crippen molar-refractivity contribution in [3.8, 4) is 0 Å². The summed E-state index contributed by atoms with van der Waals surface area (Å²) < 4.78 is 0. The summed E-state index contributed by atoms with van der Waals surface area (Å²) >= 11 is 0. The van der Waals surface area contributed by atoms with Gasteiger partial charge in [-0.15, -0.1) is 10.2 Å². The van der Waals surface area contributed by atoms with Gasteiger partial charge in [-0.05, 0) is 17.6 Å². The molecule has 2 unspecified atom stereocenters. The van der Waals surface area contributed by atoms with E-state index in [0.717, 1.165) is 25.5 Å². The second-order valence-electron chi connectivity index (χ2n) is 6.32. The van der Waals surface area contributed by atoms with Gasteiger partial charge < -0.3 is 5.32 Å². The highest BCUT2D eigenvalue weighted by molar-refractivity contribution is 4.93. The molecule has 0 aliphatic carbocycles. The molecule has 1 fully saturated rings. The molecule has 2 rings (SSSR count). The van der Waals surface area contributed by atoms with Crippen LogP contribution in [0.25, 0.3) is 0 Å². The number of tetrazole rings is 1. The number of rotatable bonds is 2. The fourth-order valence-electron chi connectivity index (χ4n) is 2.58. The lowest BCUT2D eigenvalue weighted by atomic mass is 9.84. The highest BCUT2D eigenvalue weighted by atomic mass is 15.6. The largest absolute Gasteiger partial charge is 0.311 e. The smallest absolute Gasteiger partial charge is 0.188 e. The molecule has 6 heteroatoms. The summed E-state index contributed by atoms with van der Waals surface area (Å²) in [5.41, 5.74) is 0.245. The van der Waals surface area contributed by atoms with Gasteiger partial charge in [0, 0.05) is 25.2 Å². The minimum Gasteiger partial charge on any atom is -0.311 e. The fourth-order valence-corrected chi connectivity index (χ4v) is 2.58. The van der Waals surface area contributed by atoms with E-state index in [9.17, 15) is 0 Å². The van der Waals surface area contributed by atoms with Crippen molar-refractivity contribution in [2.45, 2.75) is 46.3 Å². The lowest BCUT2D eigenvalue weighted by Gasteiger charge is -2.45. The minimum atomic E-state index is 0.245. The van der Waals surface area contributed by atoms with Gasteiger partial charge in [0.05, 0.1) is 13.6 Å². The van der Waals surface area contributed by atoms with Crippen molar-refractivity contribution in [3.63, 3.8) is 0 Å². The lowest BCUT2D eigenvalue weighted by molar-refractivity contribution is 0.0505. The average Bonchev–Trinajstić information content (AvgIpc) is 2.62. The van der Waals surface area contributed by atoms with Gasteiger partial charge in [-0.1, -0.05) is 20.8 Å². The molecule has 0 bridgehead atoms. The van der Waals surface area contributed by atoms with Gasteiger partial charge >= 0.3 is 0 Å². The molecule has 1 N–H and O–H groups in total. The summed E-state index contributed by atoms with van der Waals surface area (Å²) in [6.45, 7) is 11.9. The van der Waals surface area contributed by atoms with Crippen molar-refractivity contribution in [1.29, 1.82) is 0 Å². The number of hydrogen-bond acceptors (Lipinski definition) is 5. The molecular weight excluding hydrogens is 228 g/mol. The summed E-state index contributed by atoms with van der Waals surface area (Å²) in [6.07, 6.45) is 0. The molecule has 1 aliphatic heterocycles. The van der Waals surface area contributed by atoms with Crippen molar-refractivity contribution < 1.29 is 0 Å². The predicted octanol–water partition coefficient (Wildman–Crippen LogP) is 0.419. The Hall–Kier alpha value is -1.01. The molecule has 2 atom stereocenters. The minimum absolute atomic E-state index is 0.245. The number of hydrogen-bond donors (Lipinski definition) is 1. The summed E-state index contributed by atoms with van der Waals surface area (Å²) in [7, 11) is 1.80. The maximum atomic E-state index is 4.28. The zero-order chi connectivity index (χ0) is 13.3. The number of nitrogens with zero attached hydrogens (tertiary/aromatic N) is 5. The van der Waals surface area contributed by atoms with E-state index in [1.165, 1.54) is 4.80 Å². The summed E-state index contributed by atoms with van der Waals surface area (Å²) in [5, 5.41) is 15.8. The molecule has 18 heavy (non-hydrogen) atoms. The third-order valence-electron chi connectivity index (χ3n) is 3.50. The molecule has 0 aromatic carbocycles. The Morgan fingerprint density at radius 3 is 2.67 bits per heavy atom. The monoisotopic (exact) mass is 252 g/mol. The predicted molar refractivity (Wildman–Crippen MR) is 69.9 cm³/mol. The Balaban J connectivity index is 2.10. The van der Waals surface area contributed by atoms with Crippen LogP contribution >= 0.6 is 0 Å². The Morgan fingerprint density at radius 1 is 1.39 bits per heavy atom. The maximum absolute atomic E-state index is 4.28. The highest BCUT2D eigenvalue weighted by Crippen LogP contribution is 2.27. The van der Waals surface area contributed by atoms with Crippen LogP contribution in [0.4, 0.5) is 0 Å². The molecular formula is C12H24N6. The van der Waals surface area contributed by atoms with Gasteiger partial charge in [0.15, 0.2) is 5.82 Å². The molecule has 1 saturated heterocycles. The highest BCUT2D eigenvalue weighted by Gasteiger charge is 2.34. The Morgan fingerprint density at radius 2 is 2.11 bits per heavy atom. The van der Waals surface area contributed by atoms with Crippen LogP contribution in [0.2, 0.25) is 0 Å². The van der Waals surface area contributed by atoms with Crippen molar-refractivity contribution >= 4 is 0 Å². The molecule has 0 amide bonds. The van der Waals surface area contributed by atoms with Crippen molar-refractivity contribution in [2.75, 3.05) is 13.1 Å². The van der Waals surface area contributed by atoms with Crippen LogP contribution in [-0.4, -0.2) is 50.3 Å². The van der Waals surface area contributed by atoms with Gasteiger partial charge in [0.2, 0.25) is 0 Å².